The SMILES string of the molecule is c1ccc(-c2nc(-c3cccc(-c4cc5c6ccccc6c(-c6ccccc6)cc5c5cccnc45)c3)nc(-c3ccc4c(c3)oc3ccccc34)n2)cc1. The topological polar surface area (TPSA) is 64.7 Å². The molecule has 256 valence electrons. The molecule has 0 spiro atoms. The van der Waals surface area contributed by atoms with E-state index in [9.17, 15) is 0 Å². The van der Waals surface area contributed by atoms with Crippen molar-refractivity contribution < 1.29 is 4.42 Å². The van der Waals surface area contributed by atoms with Crippen molar-refractivity contribution >= 4 is 54.4 Å². The van der Waals surface area contributed by atoms with E-state index in [0.717, 1.165) is 60.7 Å². The zero-order valence-corrected chi connectivity index (χ0v) is 29.5. The third-order valence-corrected chi connectivity index (χ3v) is 10.5. The quantitative estimate of drug-likeness (QED) is 0.167. The van der Waals surface area contributed by atoms with Gasteiger partial charge in [0.1, 0.15) is 11.2 Å². The lowest BCUT2D eigenvalue weighted by atomic mass is 9.89. The summed E-state index contributed by atoms with van der Waals surface area (Å²) < 4.78 is 6.25. The van der Waals surface area contributed by atoms with Gasteiger partial charge in [0.05, 0.1) is 5.52 Å². The zero-order chi connectivity index (χ0) is 36.3. The minimum atomic E-state index is 0.579. The number of benzene rings is 8. The molecule has 11 rings (SSSR count). The van der Waals surface area contributed by atoms with E-state index in [4.69, 9.17) is 24.4 Å². The number of hydrogen-bond donors (Lipinski definition) is 0. The second-order valence-electron chi connectivity index (χ2n) is 13.8. The predicted octanol–water partition coefficient (Wildman–Crippen LogP) is 13.0. The molecule has 3 heterocycles. The van der Waals surface area contributed by atoms with Gasteiger partial charge in [-0.15, -0.1) is 0 Å². The lowest BCUT2D eigenvalue weighted by Crippen LogP contribution is -2.00. The van der Waals surface area contributed by atoms with Gasteiger partial charge in [0.2, 0.25) is 0 Å². The summed E-state index contributed by atoms with van der Waals surface area (Å²) in [5.41, 5.74) is 9.74. The summed E-state index contributed by atoms with van der Waals surface area (Å²) in [6, 6.07) is 61.0. The molecular formula is C50H30N4O. The van der Waals surface area contributed by atoms with Crippen molar-refractivity contribution in [1.29, 1.82) is 0 Å². The van der Waals surface area contributed by atoms with E-state index in [0.29, 0.717) is 17.5 Å². The van der Waals surface area contributed by atoms with Crippen LogP contribution in [-0.2, 0) is 0 Å². The summed E-state index contributed by atoms with van der Waals surface area (Å²) in [6.45, 7) is 0. The van der Waals surface area contributed by atoms with Gasteiger partial charge in [-0.2, -0.15) is 0 Å². The van der Waals surface area contributed by atoms with Crippen LogP contribution in [0.1, 0.15) is 0 Å². The molecule has 3 aromatic heterocycles. The fourth-order valence-corrected chi connectivity index (χ4v) is 7.94. The molecular weight excluding hydrogens is 673 g/mol. The van der Waals surface area contributed by atoms with Crippen LogP contribution in [0.15, 0.2) is 187 Å². The highest BCUT2D eigenvalue weighted by Crippen LogP contribution is 2.42. The molecule has 5 nitrogen and oxygen atoms in total. The average molecular weight is 703 g/mol. The summed E-state index contributed by atoms with van der Waals surface area (Å²) in [7, 11) is 0. The standard InChI is InChI=1S/C50H30N4O/c1-3-13-31(14-4-1)41-29-44-40-22-12-26-51-47(40)42(30-43(44)37-20-8-7-19-36(37)41)33-17-11-18-34(27-33)49-52-48(32-15-5-2-6-16-32)53-50(54-49)35-24-25-39-38-21-9-10-23-45(38)55-46(39)28-35/h1-30H. The second kappa shape index (κ2) is 12.6. The number of fused-ring (bicyclic) bond motifs is 8. The molecule has 0 fully saturated rings. The van der Waals surface area contributed by atoms with Crippen LogP contribution < -0.4 is 0 Å². The zero-order valence-electron chi connectivity index (χ0n) is 29.5. The summed E-state index contributed by atoms with van der Waals surface area (Å²) in [6.07, 6.45) is 1.88. The van der Waals surface area contributed by atoms with E-state index in [1.54, 1.807) is 0 Å². The Morgan fingerprint density at radius 1 is 0.309 bits per heavy atom. The van der Waals surface area contributed by atoms with E-state index >= 15 is 0 Å². The molecule has 0 N–H and O–H groups in total. The first kappa shape index (κ1) is 31.1. The lowest BCUT2D eigenvalue weighted by Gasteiger charge is -2.16. The Kier molecular flexibility index (Phi) is 7.10. The minimum absolute atomic E-state index is 0.579. The smallest absolute Gasteiger partial charge is 0.164 e. The molecule has 0 saturated heterocycles. The molecule has 0 aliphatic rings. The van der Waals surface area contributed by atoms with Crippen molar-refractivity contribution in [2.45, 2.75) is 0 Å². The van der Waals surface area contributed by atoms with Crippen LogP contribution in [0.2, 0.25) is 0 Å². The van der Waals surface area contributed by atoms with Gasteiger partial charge in [-0.3, -0.25) is 4.98 Å². The summed E-state index contributed by atoms with van der Waals surface area (Å²) >= 11 is 0. The molecule has 0 atom stereocenters. The average Bonchev–Trinajstić information content (AvgIpc) is 3.64. The number of nitrogens with zero attached hydrogens (tertiary/aromatic N) is 4. The van der Waals surface area contributed by atoms with Gasteiger partial charge in [-0.1, -0.05) is 133 Å². The van der Waals surface area contributed by atoms with Crippen molar-refractivity contribution in [3.8, 4) is 56.4 Å². The number of aromatic nitrogens is 4. The van der Waals surface area contributed by atoms with E-state index < -0.39 is 0 Å². The van der Waals surface area contributed by atoms with Crippen molar-refractivity contribution in [3.05, 3.63) is 182 Å². The number of rotatable bonds is 5. The largest absolute Gasteiger partial charge is 0.456 e. The van der Waals surface area contributed by atoms with E-state index in [1.165, 1.54) is 32.7 Å². The Balaban J connectivity index is 1.10. The number of pyridine rings is 1. The van der Waals surface area contributed by atoms with E-state index in [1.807, 2.05) is 66.9 Å². The van der Waals surface area contributed by atoms with Crippen LogP contribution in [0.5, 0.6) is 0 Å². The highest BCUT2D eigenvalue weighted by molar-refractivity contribution is 6.23. The van der Waals surface area contributed by atoms with E-state index in [-0.39, 0.29) is 0 Å². The monoisotopic (exact) mass is 702 g/mol. The molecule has 0 bridgehead atoms. The molecule has 0 aliphatic heterocycles. The van der Waals surface area contributed by atoms with Crippen molar-refractivity contribution in [2.24, 2.45) is 0 Å². The summed E-state index contributed by atoms with van der Waals surface area (Å²) in [5, 5.41) is 8.04. The maximum absolute atomic E-state index is 6.25. The number of hydrogen-bond acceptors (Lipinski definition) is 5. The fraction of sp³-hybridized carbons (Fsp3) is 0. The predicted molar refractivity (Wildman–Crippen MR) is 225 cm³/mol. The van der Waals surface area contributed by atoms with E-state index in [2.05, 4.69) is 115 Å². The first-order valence-corrected chi connectivity index (χ1v) is 18.4. The Morgan fingerprint density at radius 2 is 0.873 bits per heavy atom. The van der Waals surface area contributed by atoms with Crippen LogP contribution in [0.4, 0.5) is 0 Å². The minimum Gasteiger partial charge on any atom is -0.456 e. The maximum Gasteiger partial charge on any atom is 0.164 e. The normalized spacial score (nSPS) is 11.6. The molecule has 0 aliphatic carbocycles. The van der Waals surface area contributed by atoms with Crippen molar-refractivity contribution in [3.63, 3.8) is 0 Å². The Morgan fingerprint density at radius 3 is 1.67 bits per heavy atom. The highest BCUT2D eigenvalue weighted by atomic mass is 16.3. The van der Waals surface area contributed by atoms with Crippen molar-refractivity contribution in [1.82, 2.24) is 19.9 Å². The summed E-state index contributed by atoms with van der Waals surface area (Å²) in [4.78, 5) is 20.2. The first-order valence-electron chi connectivity index (χ1n) is 18.4. The Labute approximate surface area is 316 Å². The first-order chi connectivity index (χ1) is 27.2. The Hall–Kier alpha value is -7.50. The Bertz CT molecular complexity index is 3260. The molecule has 0 unspecified atom stereocenters. The third-order valence-electron chi connectivity index (χ3n) is 10.5. The second-order valence-corrected chi connectivity index (χ2v) is 13.8. The van der Waals surface area contributed by atoms with Crippen LogP contribution >= 0.6 is 0 Å². The molecule has 8 aromatic carbocycles. The van der Waals surface area contributed by atoms with Crippen LogP contribution in [-0.4, -0.2) is 19.9 Å². The number of furan rings is 1. The number of para-hydroxylation sites is 1. The van der Waals surface area contributed by atoms with Crippen LogP contribution in [0.3, 0.4) is 0 Å². The maximum atomic E-state index is 6.25. The van der Waals surface area contributed by atoms with Gasteiger partial charge in [0.15, 0.2) is 17.5 Å². The van der Waals surface area contributed by atoms with Gasteiger partial charge >= 0.3 is 0 Å². The summed E-state index contributed by atoms with van der Waals surface area (Å²) in [5.74, 6) is 1.77. The molecule has 5 heteroatoms. The van der Waals surface area contributed by atoms with Crippen molar-refractivity contribution in [2.75, 3.05) is 0 Å². The molecule has 0 amide bonds. The van der Waals surface area contributed by atoms with Gasteiger partial charge in [-0.05, 0) is 80.7 Å². The molecule has 0 saturated carbocycles. The van der Waals surface area contributed by atoms with Crippen LogP contribution in [0.25, 0.3) is 111 Å². The van der Waals surface area contributed by atoms with Gasteiger partial charge in [-0.25, -0.2) is 15.0 Å². The molecule has 0 radical (unpaired) electrons. The molecule has 11 aromatic rings. The van der Waals surface area contributed by atoms with Gasteiger partial charge in [0.25, 0.3) is 0 Å². The molecule has 55 heavy (non-hydrogen) atoms. The van der Waals surface area contributed by atoms with Crippen LogP contribution in [0, 0.1) is 0 Å². The lowest BCUT2D eigenvalue weighted by molar-refractivity contribution is 0.669. The van der Waals surface area contributed by atoms with Gasteiger partial charge in [0, 0.05) is 44.6 Å². The third kappa shape index (κ3) is 5.24. The highest BCUT2D eigenvalue weighted by Gasteiger charge is 2.18. The van der Waals surface area contributed by atoms with Gasteiger partial charge < -0.3 is 4.42 Å². The fourth-order valence-electron chi connectivity index (χ4n) is 7.94.